The lowest BCUT2D eigenvalue weighted by molar-refractivity contribution is 1.71. The Morgan fingerprint density at radius 3 is 0.838 bits per heavy atom. The Morgan fingerprint density at radius 2 is 0.487 bits per heavy atom. The zero-order chi connectivity index (χ0) is 66.3. The van der Waals surface area contributed by atoms with Crippen LogP contribution in [0.5, 0.6) is 0 Å². The molecule has 0 aliphatic heterocycles. The van der Waals surface area contributed by atoms with E-state index >= 15 is 0 Å². The molecule has 372 valence electrons. The molecule has 0 radical (unpaired) electrons. The maximum atomic E-state index is 9.36. The first-order chi connectivity index (χ1) is 46.4. The molecule has 0 aliphatic rings. The van der Waals surface area contributed by atoms with E-state index in [9.17, 15) is 11.0 Å². The normalized spacial score (nSPS) is 14.8. The van der Waals surface area contributed by atoms with E-state index in [1.807, 2.05) is 158 Å². The van der Waals surface area contributed by atoms with Gasteiger partial charge in [-0.25, -0.2) is 0 Å². The summed E-state index contributed by atoms with van der Waals surface area (Å²) in [6.45, 7) is 0. The third kappa shape index (κ3) is 6.97. The molecule has 80 heavy (non-hydrogen) atoms. The minimum absolute atomic E-state index is 0.229. The Bertz CT molecular complexity index is 6200. The second kappa shape index (κ2) is 18.3. The SMILES string of the molecule is [2H]c1c([2H])c([2H])c2c(-c3cccc4c3sc3ccccc34)c3c([2H])c([2H])c([2H])c([2H])c3c(-c3ccc4c(c3)sc3ccccc34)c2c1[2H].[2H]c1c([2H])c([2H])c2c(-c3cccc4c3sc3ccccc34)c3c([2H])c([2H])c([2H])c([2H])c3c(-c3cccc4c3sc3ccccc34)c2c1[2H]. The smallest absolute Gasteiger partial charge is 0.0629 e. The molecule has 0 amide bonds. The molecule has 0 saturated heterocycles. The highest BCUT2D eigenvalue weighted by Gasteiger charge is 2.23. The Hall–Kier alpha value is -9.00. The number of hydrogen-bond acceptors (Lipinski definition) is 4. The fourth-order valence-corrected chi connectivity index (χ4v) is 16.9. The van der Waals surface area contributed by atoms with Gasteiger partial charge in [0.15, 0.2) is 0 Å². The average molecular weight is 1100 g/mol. The average Bonchev–Trinajstić information content (AvgIpc) is 1.06. The van der Waals surface area contributed by atoms with Gasteiger partial charge < -0.3 is 0 Å². The van der Waals surface area contributed by atoms with Gasteiger partial charge in [0.25, 0.3) is 0 Å². The van der Waals surface area contributed by atoms with Crippen molar-refractivity contribution in [1.29, 1.82) is 0 Å². The lowest BCUT2D eigenvalue weighted by Gasteiger charge is -2.18. The number of thiophene rings is 4. The van der Waals surface area contributed by atoms with Crippen molar-refractivity contribution in [2.45, 2.75) is 0 Å². The van der Waals surface area contributed by atoms with Gasteiger partial charge in [-0.05, 0) is 101 Å². The maximum absolute atomic E-state index is 9.36. The maximum Gasteiger partial charge on any atom is 0.0629 e. The topological polar surface area (TPSA) is 0 Å². The summed E-state index contributed by atoms with van der Waals surface area (Å²) in [4.78, 5) is 0. The summed E-state index contributed by atoms with van der Waals surface area (Å²) in [7, 11) is 0. The van der Waals surface area contributed by atoms with Crippen molar-refractivity contribution in [3.8, 4) is 44.5 Å². The van der Waals surface area contributed by atoms with Gasteiger partial charge in [0.1, 0.15) is 0 Å². The highest BCUT2D eigenvalue weighted by atomic mass is 32.1. The summed E-state index contributed by atoms with van der Waals surface area (Å²) in [5.41, 5.74) is 4.09. The molecule has 18 rings (SSSR count). The van der Waals surface area contributed by atoms with Crippen LogP contribution in [0.4, 0.5) is 0 Å². The molecule has 0 fully saturated rings. The molecule has 0 spiro atoms. The van der Waals surface area contributed by atoms with E-state index in [1.54, 1.807) is 45.3 Å². The summed E-state index contributed by atoms with van der Waals surface area (Å²) in [6, 6.07) is 50.2. The summed E-state index contributed by atoms with van der Waals surface area (Å²) in [5.74, 6) is 0. The minimum Gasteiger partial charge on any atom is -0.135 e. The minimum atomic E-state index is -0.400. The van der Waals surface area contributed by atoms with Gasteiger partial charge in [0.2, 0.25) is 0 Å². The van der Waals surface area contributed by atoms with Gasteiger partial charge in [-0.15, -0.1) is 45.3 Å². The van der Waals surface area contributed by atoms with E-state index < -0.39 is 48.3 Å². The largest absolute Gasteiger partial charge is 0.135 e. The van der Waals surface area contributed by atoms with Crippen molar-refractivity contribution in [2.24, 2.45) is 0 Å². The van der Waals surface area contributed by atoms with Crippen LogP contribution in [0, 0.1) is 0 Å². The molecule has 0 N–H and O–H groups in total. The van der Waals surface area contributed by atoms with Crippen LogP contribution in [0.3, 0.4) is 0 Å². The molecule has 4 heterocycles. The number of fused-ring (bicyclic) bond motifs is 16. The molecule has 0 unspecified atom stereocenters. The molecule has 18 aromatic rings. The molecule has 4 aromatic heterocycles. The van der Waals surface area contributed by atoms with E-state index in [2.05, 4.69) is 12.1 Å². The molecule has 0 saturated carbocycles. The van der Waals surface area contributed by atoms with Crippen LogP contribution >= 0.6 is 45.3 Å². The van der Waals surface area contributed by atoms with E-state index in [4.69, 9.17) is 11.0 Å². The summed E-state index contributed by atoms with van der Waals surface area (Å²) >= 11 is 6.28. The lowest BCUT2D eigenvalue weighted by atomic mass is 9.85. The predicted molar refractivity (Wildman–Crippen MR) is 356 cm³/mol. The first kappa shape index (κ1) is 32.8. The summed E-state index contributed by atoms with van der Waals surface area (Å²) < 4.78 is 153. The van der Waals surface area contributed by atoms with Gasteiger partial charge in [0, 0.05) is 97.4 Å². The Morgan fingerprint density at radius 1 is 0.212 bits per heavy atom. The molecule has 4 heteroatoms. The van der Waals surface area contributed by atoms with Crippen LogP contribution in [0.1, 0.15) is 21.9 Å². The predicted octanol–water partition coefficient (Wildman–Crippen LogP) is 24.1. The quantitative estimate of drug-likeness (QED) is 0.154. The number of benzene rings is 14. The van der Waals surface area contributed by atoms with Crippen molar-refractivity contribution in [1.82, 2.24) is 0 Å². The first-order valence-electron chi connectivity index (χ1n) is 33.9. The molecule has 0 aliphatic carbocycles. The van der Waals surface area contributed by atoms with Crippen molar-refractivity contribution in [3.63, 3.8) is 0 Å². The molecule has 0 nitrogen and oxygen atoms in total. The van der Waals surface area contributed by atoms with Crippen molar-refractivity contribution >= 4 is 169 Å². The molecule has 0 bridgehead atoms. The van der Waals surface area contributed by atoms with Crippen LogP contribution in [0.2, 0.25) is 0 Å². The third-order valence-electron chi connectivity index (χ3n) is 15.4. The standard InChI is InChI=1S/2C38H22S2/c1-3-14-29-27(12-1)36(23-20-21-26-24-10-5-7-18-33(24)39-35(26)22-23)28-13-2-4-15-30(28)37(29)32-17-9-16-31-25-11-6-8-19-34(25)40-38(31)32;1-2-14-26-25(13-1)35(31-19-9-17-29-23-11-5-7-21-33(23)39-37(29)31)27-15-3-4-16-28(27)36(26)32-20-10-18-30-24-12-6-8-22-34(24)40-38(30)32/h2*1-22H/i1D,2D,3D,4D,12D,13D,14D,15D;1D,2D,3D,4D,13D,14D,15D,16D. The van der Waals surface area contributed by atoms with Crippen molar-refractivity contribution in [2.75, 3.05) is 0 Å². The van der Waals surface area contributed by atoms with Crippen LogP contribution in [-0.2, 0) is 0 Å². The van der Waals surface area contributed by atoms with Crippen LogP contribution in [0.25, 0.3) is 168 Å². The second-order valence-corrected chi connectivity index (χ2v) is 23.9. The fourth-order valence-electron chi connectivity index (χ4n) is 12.1. The number of hydrogen-bond donors (Lipinski definition) is 0. The zero-order valence-corrected chi connectivity index (χ0v) is 45.1. The lowest BCUT2D eigenvalue weighted by Crippen LogP contribution is -1.91. The fraction of sp³-hybridized carbons (Fsp3) is 0. The molecular formula is C76H44S4. The second-order valence-electron chi connectivity index (χ2n) is 19.7. The first-order valence-corrected chi connectivity index (χ1v) is 29.2. The number of rotatable bonds is 4. The monoisotopic (exact) mass is 1100 g/mol. The highest BCUT2D eigenvalue weighted by molar-refractivity contribution is 7.27. The van der Waals surface area contributed by atoms with E-state index in [0.29, 0.717) is 44.5 Å². The van der Waals surface area contributed by atoms with Gasteiger partial charge >= 0.3 is 0 Å². The Labute approximate surface area is 499 Å². The molecule has 14 aromatic carbocycles. The van der Waals surface area contributed by atoms with Crippen molar-refractivity contribution in [3.05, 3.63) is 267 Å². The van der Waals surface area contributed by atoms with Gasteiger partial charge in [-0.2, -0.15) is 0 Å². The van der Waals surface area contributed by atoms with Gasteiger partial charge in [-0.1, -0.05) is 236 Å². The van der Waals surface area contributed by atoms with E-state index in [0.717, 1.165) is 80.7 Å². The third-order valence-corrected chi connectivity index (χ3v) is 20.2. The van der Waals surface area contributed by atoms with Crippen LogP contribution < -0.4 is 0 Å². The summed E-state index contributed by atoms with van der Waals surface area (Å²) in [5, 5.41) is 10.0. The molecular weight excluding hydrogens is 1040 g/mol. The highest BCUT2D eigenvalue weighted by Crippen LogP contribution is 2.52. The Balaban J connectivity index is 0.000000145. The van der Waals surface area contributed by atoms with E-state index in [-0.39, 0.29) is 91.4 Å². The van der Waals surface area contributed by atoms with Gasteiger partial charge in [-0.3, -0.25) is 0 Å². The Kier molecular flexibility index (Phi) is 7.50. The van der Waals surface area contributed by atoms with Crippen LogP contribution in [0.15, 0.2) is 267 Å². The summed E-state index contributed by atoms with van der Waals surface area (Å²) in [6.07, 6.45) is 0. The zero-order valence-electron chi connectivity index (χ0n) is 57.8. The van der Waals surface area contributed by atoms with Crippen LogP contribution in [-0.4, -0.2) is 0 Å². The van der Waals surface area contributed by atoms with Crippen molar-refractivity contribution < 1.29 is 21.9 Å². The van der Waals surface area contributed by atoms with Gasteiger partial charge in [0.05, 0.1) is 21.9 Å². The van der Waals surface area contributed by atoms with E-state index in [1.165, 1.54) is 0 Å². The molecule has 0 atom stereocenters.